The number of likely N-dealkylation sites (tertiary alicyclic amines) is 1. The molecule has 1 amide bonds. The lowest BCUT2D eigenvalue weighted by Crippen LogP contribution is -2.29. The number of Topliss-reactive ketones (excluding diaryl/α,β-unsaturated/α-hetero) is 1. The number of aliphatic hydroxyl groups excluding tert-OH is 1. The third-order valence-corrected chi connectivity index (χ3v) is 5.77. The fourth-order valence-electron chi connectivity index (χ4n) is 4.00. The van der Waals surface area contributed by atoms with Crippen LogP contribution in [0.5, 0.6) is 5.75 Å². The Morgan fingerprint density at radius 1 is 1.15 bits per heavy atom. The van der Waals surface area contributed by atoms with Crippen LogP contribution in [-0.4, -0.2) is 47.9 Å². The van der Waals surface area contributed by atoms with Crippen LogP contribution in [0, 0.1) is 5.82 Å². The van der Waals surface area contributed by atoms with Gasteiger partial charge in [0.2, 0.25) is 0 Å². The molecule has 1 aromatic heterocycles. The van der Waals surface area contributed by atoms with Crippen molar-refractivity contribution in [2.75, 3.05) is 26.1 Å². The summed E-state index contributed by atoms with van der Waals surface area (Å²) in [5.74, 6) is -2.72. The number of pyridine rings is 1. The second kappa shape index (κ2) is 9.35. The standard InChI is InChI=1S/C26H24FN3O4/c1-29(2)19-9-6-17(7-10-19)23-22(24(31)18-8-11-21(34-3)20(27)13-18)25(32)26(33)30(23)15-16-5-4-12-28-14-16/h4-14,23,31H,15H2,1-3H3/t23-/m0/s1. The summed E-state index contributed by atoms with van der Waals surface area (Å²) in [4.78, 5) is 33.6. The van der Waals surface area contributed by atoms with Crippen LogP contribution in [0.2, 0.25) is 0 Å². The van der Waals surface area contributed by atoms with Crippen molar-refractivity contribution in [1.82, 2.24) is 9.88 Å². The highest BCUT2D eigenvalue weighted by Crippen LogP contribution is 2.41. The van der Waals surface area contributed by atoms with Gasteiger partial charge < -0.3 is 19.6 Å². The molecule has 1 N–H and O–H groups in total. The Bertz CT molecular complexity index is 1260. The first-order valence-corrected chi connectivity index (χ1v) is 10.6. The van der Waals surface area contributed by atoms with Gasteiger partial charge in [-0.3, -0.25) is 14.6 Å². The Kier molecular flexibility index (Phi) is 6.32. The monoisotopic (exact) mass is 461 g/mol. The van der Waals surface area contributed by atoms with E-state index in [-0.39, 0.29) is 23.4 Å². The fourth-order valence-corrected chi connectivity index (χ4v) is 4.00. The molecule has 1 fully saturated rings. The molecule has 0 saturated carbocycles. The molecule has 2 aromatic carbocycles. The maximum atomic E-state index is 14.3. The van der Waals surface area contributed by atoms with E-state index in [1.807, 2.05) is 43.3 Å². The number of carbonyl (C=O) groups is 2. The molecule has 1 saturated heterocycles. The molecular formula is C26H24FN3O4. The van der Waals surface area contributed by atoms with E-state index in [1.165, 1.54) is 24.1 Å². The van der Waals surface area contributed by atoms with Gasteiger partial charge in [-0.15, -0.1) is 0 Å². The average Bonchev–Trinajstić information content (AvgIpc) is 3.09. The Morgan fingerprint density at radius 3 is 2.47 bits per heavy atom. The van der Waals surface area contributed by atoms with E-state index in [0.717, 1.165) is 17.3 Å². The quantitative estimate of drug-likeness (QED) is 0.340. The number of methoxy groups -OCH3 is 1. The minimum absolute atomic E-state index is 0.00408. The zero-order valence-electron chi connectivity index (χ0n) is 19.0. The first kappa shape index (κ1) is 23.0. The SMILES string of the molecule is COc1ccc(C(O)=C2C(=O)C(=O)N(Cc3cccnc3)[C@H]2c2ccc(N(C)C)cc2)cc1F. The summed E-state index contributed by atoms with van der Waals surface area (Å²) in [5, 5.41) is 11.1. The zero-order valence-corrected chi connectivity index (χ0v) is 19.0. The van der Waals surface area contributed by atoms with Crippen molar-refractivity contribution in [3.05, 3.63) is 95.1 Å². The highest BCUT2D eigenvalue weighted by atomic mass is 19.1. The number of hydrogen-bond acceptors (Lipinski definition) is 6. The van der Waals surface area contributed by atoms with Gasteiger partial charge >= 0.3 is 0 Å². The van der Waals surface area contributed by atoms with Crippen LogP contribution < -0.4 is 9.64 Å². The van der Waals surface area contributed by atoms with Crippen molar-refractivity contribution in [3.63, 3.8) is 0 Å². The van der Waals surface area contributed by atoms with Gasteiger partial charge in [0, 0.05) is 44.3 Å². The van der Waals surface area contributed by atoms with E-state index >= 15 is 0 Å². The van der Waals surface area contributed by atoms with Crippen molar-refractivity contribution >= 4 is 23.1 Å². The molecule has 0 spiro atoms. The molecule has 7 nitrogen and oxygen atoms in total. The second-order valence-corrected chi connectivity index (χ2v) is 8.12. The predicted molar refractivity (Wildman–Crippen MR) is 126 cm³/mol. The number of nitrogens with zero attached hydrogens (tertiary/aromatic N) is 3. The third kappa shape index (κ3) is 4.22. The lowest BCUT2D eigenvalue weighted by molar-refractivity contribution is -0.140. The third-order valence-electron chi connectivity index (χ3n) is 5.77. The van der Waals surface area contributed by atoms with E-state index in [0.29, 0.717) is 5.56 Å². The number of halogens is 1. The van der Waals surface area contributed by atoms with Gasteiger partial charge in [0.1, 0.15) is 5.76 Å². The number of benzene rings is 2. The first-order chi connectivity index (χ1) is 16.3. The lowest BCUT2D eigenvalue weighted by Gasteiger charge is -2.26. The number of hydrogen-bond donors (Lipinski definition) is 1. The van der Waals surface area contributed by atoms with Gasteiger partial charge in [-0.05, 0) is 47.5 Å². The molecule has 1 aliphatic heterocycles. The summed E-state index contributed by atoms with van der Waals surface area (Å²) in [6, 6.07) is 13.9. The summed E-state index contributed by atoms with van der Waals surface area (Å²) in [5.41, 5.74) is 2.29. The zero-order chi connectivity index (χ0) is 24.4. The molecule has 1 aliphatic rings. The van der Waals surface area contributed by atoms with Gasteiger partial charge in [-0.25, -0.2) is 4.39 Å². The van der Waals surface area contributed by atoms with E-state index in [4.69, 9.17) is 4.74 Å². The first-order valence-electron chi connectivity index (χ1n) is 10.6. The minimum atomic E-state index is -0.860. The number of amides is 1. The van der Waals surface area contributed by atoms with E-state index in [1.54, 1.807) is 24.5 Å². The summed E-state index contributed by atoms with van der Waals surface area (Å²) < 4.78 is 19.3. The number of aromatic nitrogens is 1. The van der Waals surface area contributed by atoms with Crippen LogP contribution in [0.1, 0.15) is 22.7 Å². The normalized spacial score (nSPS) is 17.2. The number of aliphatic hydroxyl groups is 1. The van der Waals surface area contributed by atoms with E-state index < -0.39 is 29.3 Å². The lowest BCUT2D eigenvalue weighted by atomic mass is 9.95. The number of carbonyl (C=O) groups excluding carboxylic acids is 2. The van der Waals surface area contributed by atoms with Crippen LogP contribution in [0.3, 0.4) is 0 Å². The topological polar surface area (TPSA) is 83.0 Å². The van der Waals surface area contributed by atoms with Crippen molar-refractivity contribution < 1.29 is 23.8 Å². The highest BCUT2D eigenvalue weighted by molar-refractivity contribution is 6.46. The van der Waals surface area contributed by atoms with Crippen molar-refractivity contribution in [1.29, 1.82) is 0 Å². The minimum Gasteiger partial charge on any atom is -0.507 e. The molecule has 8 heteroatoms. The molecule has 2 heterocycles. The average molecular weight is 461 g/mol. The summed E-state index contributed by atoms with van der Waals surface area (Å²) in [6.07, 6.45) is 3.23. The largest absolute Gasteiger partial charge is 0.507 e. The number of rotatable bonds is 6. The van der Waals surface area contributed by atoms with Gasteiger partial charge in [0.05, 0.1) is 18.7 Å². The van der Waals surface area contributed by atoms with Crippen LogP contribution in [0.15, 0.2) is 72.6 Å². The van der Waals surface area contributed by atoms with Crippen molar-refractivity contribution in [3.8, 4) is 5.75 Å². The van der Waals surface area contributed by atoms with Gasteiger partial charge in [0.25, 0.3) is 11.7 Å². The molecule has 0 radical (unpaired) electrons. The Labute approximate surface area is 196 Å². The Balaban J connectivity index is 1.85. The smallest absolute Gasteiger partial charge is 0.295 e. The van der Waals surface area contributed by atoms with Gasteiger partial charge in [0.15, 0.2) is 11.6 Å². The second-order valence-electron chi connectivity index (χ2n) is 8.12. The molecule has 4 rings (SSSR count). The van der Waals surface area contributed by atoms with E-state index in [9.17, 15) is 19.1 Å². The van der Waals surface area contributed by atoms with Crippen LogP contribution in [-0.2, 0) is 16.1 Å². The van der Waals surface area contributed by atoms with E-state index in [2.05, 4.69) is 4.98 Å². The highest BCUT2D eigenvalue weighted by Gasteiger charge is 2.46. The summed E-state index contributed by atoms with van der Waals surface area (Å²) in [7, 11) is 5.14. The van der Waals surface area contributed by atoms with Crippen LogP contribution in [0.4, 0.5) is 10.1 Å². The summed E-state index contributed by atoms with van der Waals surface area (Å²) >= 11 is 0. The van der Waals surface area contributed by atoms with Crippen molar-refractivity contribution in [2.24, 2.45) is 0 Å². The molecule has 1 atom stereocenters. The molecule has 0 aliphatic carbocycles. The molecule has 174 valence electrons. The molecule has 3 aromatic rings. The Morgan fingerprint density at radius 2 is 1.88 bits per heavy atom. The molecule has 0 bridgehead atoms. The Hall–Kier alpha value is -4.20. The van der Waals surface area contributed by atoms with Crippen molar-refractivity contribution in [2.45, 2.75) is 12.6 Å². The summed E-state index contributed by atoms with van der Waals surface area (Å²) in [6.45, 7) is 0.117. The van der Waals surface area contributed by atoms with Crippen LogP contribution >= 0.6 is 0 Å². The predicted octanol–water partition coefficient (Wildman–Crippen LogP) is 3.92. The number of ether oxygens (including phenoxy) is 1. The number of anilines is 1. The molecule has 34 heavy (non-hydrogen) atoms. The fraction of sp³-hybridized carbons (Fsp3) is 0.192. The molecular weight excluding hydrogens is 437 g/mol. The van der Waals surface area contributed by atoms with Gasteiger partial charge in [-0.1, -0.05) is 18.2 Å². The number of ketones is 1. The molecule has 0 unspecified atom stereocenters. The van der Waals surface area contributed by atoms with Crippen LogP contribution in [0.25, 0.3) is 5.76 Å². The maximum absolute atomic E-state index is 14.3. The maximum Gasteiger partial charge on any atom is 0.295 e. The van der Waals surface area contributed by atoms with Gasteiger partial charge in [-0.2, -0.15) is 0 Å².